The summed E-state index contributed by atoms with van der Waals surface area (Å²) >= 11 is 0. The third kappa shape index (κ3) is 4.70. The first-order valence-corrected chi connectivity index (χ1v) is 8.76. The number of hydrogen-bond acceptors (Lipinski definition) is 3. The second-order valence-corrected chi connectivity index (χ2v) is 7.16. The molecule has 1 N–H and O–H groups in total. The molecule has 0 radical (unpaired) electrons. The molecule has 0 heterocycles. The second-order valence-electron chi connectivity index (χ2n) is 5.48. The van der Waals surface area contributed by atoms with Crippen molar-refractivity contribution in [1.82, 2.24) is 4.72 Å². The highest BCUT2D eigenvalue weighted by atomic mass is 32.2. The Bertz CT molecular complexity index is 630. The van der Waals surface area contributed by atoms with Crippen LogP contribution in [0.4, 0.5) is 0 Å². The van der Waals surface area contributed by atoms with Gasteiger partial charge in [0, 0.05) is 6.42 Å². The number of carbonyl (C=O) groups excluding carboxylic acids is 1. The number of hydrogen-bond donors (Lipinski definition) is 1. The minimum Gasteiger partial charge on any atom is -0.274 e. The SMILES string of the molecule is Cc1ccc(S(=O)(=O)NC(=O)CC2=CCCCCC2)cc1. The lowest BCUT2D eigenvalue weighted by atomic mass is 10.1. The minimum absolute atomic E-state index is 0.122. The summed E-state index contributed by atoms with van der Waals surface area (Å²) in [6.45, 7) is 1.88. The number of rotatable bonds is 4. The summed E-state index contributed by atoms with van der Waals surface area (Å²) in [5.41, 5.74) is 2.02. The van der Waals surface area contributed by atoms with E-state index < -0.39 is 15.9 Å². The van der Waals surface area contributed by atoms with Gasteiger partial charge in [-0.25, -0.2) is 13.1 Å². The maximum atomic E-state index is 12.1. The second kappa shape index (κ2) is 6.89. The molecule has 0 bridgehead atoms. The van der Waals surface area contributed by atoms with Gasteiger partial charge < -0.3 is 0 Å². The molecule has 1 amide bonds. The van der Waals surface area contributed by atoms with Crippen LogP contribution in [0.3, 0.4) is 0 Å². The van der Waals surface area contributed by atoms with Gasteiger partial charge in [-0.3, -0.25) is 4.79 Å². The number of nitrogens with one attached hydrogen (secondary N) is 1. The lowest BCUT2D eigenvalue weighted by Gasteiger charge is -2.08. The smallest absolute Gasteiger partial charge is 0.264 e. The molecule has 0 unspecified atom stereocenters. The summed E-state index contributed by atoms with van der Waals surface area (Å²) in [5.74, 6) is -0.455. The van der Waals surface area contributed by atoms with Crippen LogP contribution in [0, 0.1) is 6.92 Å². The maximum absolute atomic E-state index is 12.1. The molecule has 0 fully saturated rings. The molecule has 0 aromatic heterocycles. The van der Waals surface area contributed by atoms with Crippen LogP contribution >= 0.6 is 0 Å². The third-order valence-electron chi connectivity index (χ3n) is 3.60. The zero-order valence-corrected chi connectivity index (χ0v) is 13.1. The lowest BCUT2D eigenvalue weighted by molar-refractivity contribution is -0.118. The molecular weight excluding hydrogens is 286 g/mol. The predicted octanol–water partition coefficient (Wildman–Crippen LogP) is 3.08. The summed E-state index contributed by atoms with van der Waals surface area (Å²) < 4.78 is 26.4. The van der Waals surface area contributed by atoms with E-state index in [0.29, 0.717) is 0 Å². The molecule has 1 aliphatic rings. The Morgan fingerprint density at radius 1 is 1.14 bits per heavy atom. The van der Waals surface area contributed by atoms with Gasteiger partial charge in [0.2, 0.25) is 5.91 Å². The van der Waals surface area contributed by atoms with Crippen molar-refractivity contribution in [2.24, 2.45) is 0 Å². The molecule has 0 saturated heterocycles. The van der Waals surface area contributed by atoms with Gasteiger partial charge >= 0.3 is 0 Å². The summed E-state index contributed by atoms with van der Waals surface area (Å²) in [6, 6.07) is 6.45. The largest absolute Gasteiger partial charge is 0.274 e. The molecule has 114 valence electrons. The van der Waals surface area contributed by atoms with E-state index in [1.807, 2.05) is 6.92 Å². The normalized spacial score (nSPS) is 16.0. The van der Waals surface area contributed by atoms with Gasteiger partial charge in [0.05, 0.1) is 4.90 Å². The Kier molecular flexibility index (Phi) is 5.17. The monoisotopic (exact) mass is 307 g/mol. The zero-order valence-electron chi connectivity index (χ0n) is 12.3. The van der Waals surface area contributed by atoms with E-state index >= 15 is 0 Å². The van der Waals surface area contributed by atoms with Crippen molar-refractivity contribution in [3.63, 3.8) is 0 Å². The molecular formula is C16H21NO3S. The number of sulfonamides is 1. The minimum atomic E-state index is -3.76. The van der Waals surface area contributed by atoms with Crippen LogP contribution in [0.15, 0.2) is 40.8 Å². The maximum Gasteiger partial charge on any atom is 0.264 e. The molecule has 1 aromatic rings. The van der Waals surface area contributed by atoms with Crippen LogP contribution in [-0.2, 0) is 14.8 Å². The van der Waals surface area contributed by atoms with Crippen molar-refractivity contribution in [2.45, 2.75) is 50.3 Å². The quantitative estimate of drug-likeness (QED) is 0.869. The third-order valence-corrected chi connectivity index (χ3v) is 4.99. The molecule has 21 heavy (non-hydrogen) atoms. The summed E-state index contributed by atoms with van der Waals surface area (Å²) in [7, 11) is -3.76. The van der Waals surface area contributed by atoms with Crippen LogP contribution < -0.4 is 4.72 Å². The standard InChI is InChI=1S/C16H21NO3S/c1-13-8-10-15(11-9-13)21(19,20)17-16(18)12-14-6-4-2-3-5-7-14/h6,8-11H,2-5,7,12H2,1H3,(H,17,18). The van der Waals surface area contributed by atoms with Crippen molar-refractivity contribution in [3.05, 3.63) is 41.5 Å². The van der Waals surface area contributed by atoms with E-state index in [9.17, 15) is 13.2 Å². The van der Waals surface area contributed by atoms with E-state index in [1.165, 1.54) is 18.6 Å². The Labute approximate surface area is 126 Å². The van der Waals surface area contributed by atoms with Crippen molar-refractivity contribution in [1.29, 1.82) is 0 Å². The fourth-order valence-corrected chi connectivity index (χ4v) is 3.39. The predicted molar refractivity (Wildman–Crippen MR) is 82.3 cm³/mol. The first kappa shape index (κ1) is 15.8. The van der Waals surface area contributed by atoms with Crippen molar-refractivity contribution in [3.8, 4) is 0 Å². The Morgan fingerprint density at radius 2 is 1.86 bits per heavy atom. The topological polar surface area (TPSA) is 63.2 Å². The van der Waals surface area contributed by atoms with Crippen LogP contribution in [0.2, 0.25) is 0 Å². The average molecular weight is 307 g/mol. The molecule has 0 spiro atoms. The van der Waals surface area contributed by atoms with Crippen molar-refractivity contribution >= 4 is 15.9 Å². The fraction of sp³-hybridized carbons (Fsp3) is 0.438. The number of carbonyl (C=O) groups is 1. The fourth-order valence-electron chi connectivity index (χ4n) is 2.41. The molecule has 2 rings (SSSR count). The summed E-state index contributed by atoms with van der Waals surface area (Å²) in [6.07, 6.45) is 7.50. The van der Waals surface area contributed by atoms with Gasteiger partial charge in [-0.15, -0.1) is 0 Å². The Hall–Kier alpha value is -1.62. The van der Waals surface area contributed by atoms with E-state index in [0.717, 1.165) is 36.8 Å². The molecule has 4 nitrogen and oxygen atoms in total. The van der Waals surface area contributed by atoms with Gasteiger partial charge in [0.15, 0.2) is 0 Å². The highest BCUT2D eigenvalue weighted by molar-refractivity contribution is 7.90. The summed E-state index contributed by atoms with van der Waals surface area (Å²) in [4.78, 5) is 12.1. The zero-order chi connectivity index (χ0) is 15.3. The van der Waals surface area contributed by atoms with E-state index in [1.54, 1.807) is 12.1 Å². The molecule has 0 aliphatic heterocycles. The van der Waals surface area contributed by atoms with Gasteiger partial charge in [0.25, 0.3) is 10.0 Å². The van der Waals surface area contributed by atoms with Gasteiger partial charge in [0.1, 0.15) is 0 Å². The highest BCUT2D eigenvalue weighted by Crippen LogP contribution is 2.20. The molecule has 5 heteroatoms. The lowest BCUT2D eigenvalue weighted by Crippen LogP contribution is -2.30. The summed E-state index contributed by atoms with van der Waals surface area (Å²) in [5, 5.41) is 0. The van der Waals surface area contributed by atoms with E-state index in [-0.39, 0.29) is 11.3 Å². The van der Waals surface area contributed by atoms with Crippen LogP contribution in [0.1, 0.15) is 44.1 Å². The van der Waals surface area contributed by atoms with Gasteiger partial charge in [-0.2, -0.15) is 0 Å². The first-order chi connectivity index (χ1) is 9.97. The number of aryl methyl sites for hydroxylation is 1. The van der Waals surface area contributed by atoms with E-state index in [4.69, 9.17) is 0 Å². The van der Waals surface area contributed by atoms with Crippen molar-refractivity contribution in [2.75, 3.05) is 0 Å². The van der Waals surface area contributed by atoms with E-state index in [2.05, 4.69) is 10.8 Å². The highest BCUT2D eigenvalue weighted by Gasteiger charge is 2.18. The number of benzene rings is 1. The van der Waals surface area contributed by atoms with Gasteiger partial charge in [-0.1, -0.05) is 35.8 Å². The molecule has 0 saturated carbocycles. The molecule has 0 atom stereocenters. The Balaban J connectivity index is 2.01. The number of amides is 1. The van der Waals surface area contributed by atoms with Crippen LogP contribution in [0.25, 0.3) is 0 Å². The molecule has 1 aromatic carbocycles. The molecule has 1 aliphatic carbocycles. The van der Waals surface area contributed by atoms with Crippen LogP contribution in [-0.4, -0.2) is 14.3 Å². The van der Waals surface area contributed by atoms with Crippen molar-refractivity contribution < 1.29 is 13.2 Å². The van der Waals surface area contributed by atoms with Gasteiger partial charge in [-0.05, 0) is 44.7 Å². The average Bonchev–Trinajstić information content (AvgIpc) is 2.67. The number of allylic oxidation sites excluding steroid dienone is 1. The Morgan fingerprint density at radius 3 is 2.57 bits per heavy atom. The van der Waals surface area contributed by atoms with Crippen LogP contribution in [0.5, 0.6) is 0 Å². The first-order valence-electron chi connectivity index (χ1n) is 7.27.